The van der Waals surface area contributed by atoms with Gasteiger partial charge in [0.15, 0.2) is 0 Å². The lowest BCUT2D eigenvalue weighted by Gasteiger charge is -2.10. The minimum absolute atomic E-state index is 0.158. The van der Waals surface area contributed by atoms with Crippen LogP contribution >= 0.6 is 0 Å². The van der Waals surface area contributed by atoms with Crippen LogP contribution in [-0.4, -0.2) is 23.9 Å². The fourth-order valence-corrected chi connectivity index (χ4v) is 2.41. The molecule has 2 aromatic carbocycles. The number of anilines is 1. The van der Waals surface area contributed by atoms with Crippen LogP contribution in [0.25, 0.3) is 10.9 Å². The molecule has 3 rings (SSSR count). The number of hydrogen-bond acceptors (Lipinski definition) is 4. The summed E-state index contributed by atoms with van der Waals surface area (Å²) < 4.78 is 19.0. The third-order valence-corrected chi connectivity index (χ3v) is 3.62. The van der Waals surface area contributed by atoms with Gasteiger partial charge < -0.3 is 15.8 Å². The molecule has 7 heteroatoms. The molecule has 0 saturated heterocycles. The Labute approximate surface area is 142 Å². The molecule has 25 heavy (non-hydrogen) atoms. The molecule has 0 bridgehead atoms. The maximum atomic E-state index is 13.8. The number of nitrogens with one attached hydrogen (secondary N) is 1. The Morgan fingerprint density at radius 3 is 2.56 bits per heavy atom. The lowest BCUT2D eigenvalue weighted by Crippen LogP contribution is -2.16. The third kappa shape index (κ3) is 3.25. The minimum atomic E-state index is -0.879. The summed E-state index contributed by atoms with van der Waals surface area (Å²) in [4.78, 5) is 27.9. The molecule has 3 N–H and O–H groups in total. The van der Waals surface area contributed by atoms with Gasteiger partial charge in [-0.1, -0.05) is 18.2 Å². The van der Waals surface area contributed by atoms with Gasteiger partial charge >= 0.3 is 0 Å². The number of para-hydroxylation sites is 1. The van der Waals surface area contributed by atoms with Crippen LogP contribution in [-0.2, 0) is 0 Å². The molecule has 1 heterocycles. The Bertz CT molecular complexity index is 988. The Kier molecular flexibility index (Phi) is 4.30. The smallest absolute Gasteiger partial charge is 0.261 e. The fraction of sp³-hybridized carbons (Fsp3) is 0.0556. The van der Waals surface area contributed by atoms with Crippen molar-refractivity contribution >= 4 is 28.4 Å². The average Bonchev–Trinajstić information content (AvgIpc) is 2.60. The van der Waals surface area contributed by atoms with Gasteiger partial charge in [0.25, 0.3) is 11.8 Å². The molecule has 0 spiro atoms. The lowest BCUT2D eigenvalue weighted by atomic mass is 10.1. The van der Waals surface area contributed by atoms with Crippen molar-refractivity contribution in [3.63, 3.8) is 0 Å². The first-order valence-electron chi connectivity index (χ1n) is 7.34. The van der Waals surface area contributed by atoms with Crippen molar-refractivity contribution in [2.24, 2.45) is 5.73 Å². The lowest BCUT2D eigenvalue weighted by molar-refractivity contribution is 0.0994. The van der Waals surface area contributed by atoms with Crippen molar-refractivity contribution in [2.45, 2.75) is 0 Å². The molecule has 126 valence electrons. The van der Waals surface area contributed by atoms with E-state index in [1.54, 1.807) is 12.1 Å². The highest BCUT2D eigenvalue weighted by Gasteiger charge is 2.16. The van der Waals surface area contributed by atoms with Gasteiger partial charge in [0.1, 0.15) is 11.4 Å². The molecule has 0 aliphatic rings. The highest BCUT2D eigenvalue weighted by molar-refractivity contribution is 6.08. The van der Waals surface area contributed by atoms with Gasteiger partial charge in [-0.3, -0.25) is 9.59 Å². The summed E-state index contributed by atoms with van der Waals surface area (Å²) >= 11 is 0. The van der Waals surface area contributed by atoms with Crippen LogP contribution in [0.3, 0.4) is 0 Å². The molecule has 0 fully saturated rings. The van der Waals surface area contributed by atoms with Crippen LogP contribution in [0.1, 0.15) is 20.7 Å². The second-order valence-corrected chi connectivity index (χ2v) is 5.25. The number of carbonyl (C=O) groups is 2. The second-order valence-electron chi connectivity index (χ2n) is 5.25. The van der Waals surface area contributed by atoms with Crippen molar-refractivity contribution in [1.82, 2.24) is 4.98 Å². The first kappa shape index (κ1) is 16.4. The zero-order valence-electron chi connectivity index (χ0n) is 13.2. The highest BCUT2D eigenvalue weighted by Crippen LogP contribution is 2.23. The van der Waals surface area contributed by atoms with Gasteiger partial charge in [-0.2, -0.15) is 0 Å². The first-order chi connectivity index (χ1) is 12.0. The minimum Gasteiger partial charge on any atom is -0.480 e. The zero-order valence-corrected chi connectivity index (χ0v) is 13.2. The maximum Gasteiger partial charge on any atom is 0.261 e. The van der Waals surface area contributed by atoms with E-state index in [1.807, 2.05) is 18.2 Å². The Morgan fingerprint density at radius 1 is 1.12 bits per heavy atom. The summed E-state index contributed by atoms with van der Waals surface area (Å²) in [5.41, 5.74) is 5.89. The number of methoxy groups -OCH3 is 1. The highest BCUT2D eigenvalue weighted by atomic mass is 19.1. The molecule has 0 aliphatic heterocycles. The summed E-state index contributed by atoms with van der Waals surface area (Å²) in [6, 6.07) is 12.6. The van der Waals surface area contributed by atoms with E-state index in [4.69, 9.17) is 10.5 Å². The molecule has 3 aromatic rings. The number of nitrogens with zero attached hydrogens (tertiary/aromatic N) is 1. The van der Waals surface area contributed by atoms with E-state index >= 15 is 0 Å². The Balaban J connectivity index is 1.94. The van der Waals surface area contributed by atoms with Crippen LogP contribution in [0.4, 0.5) is 10.1 Å². The topological polar surface area (TPSA) is 94.3 Å². The number of benzene rings is 2. The molecule has 2 amide bonds. The normalized spacial score (nSPS) is 10.5. The van der Waals surface area contributed by atoms with E-state index in [0.717, 1.165) is 11.5 Å². The van der Waals surface area contributed by atoms with Crippen LogP contribution in [0.5, 0.6) is 5.88 Å². The van der Waals surface area contributed by atoms with Crippen LogP contribution in [0.15, 0.2) is 48.5 Å². The van der Waals surface area contributed by atoms with E-state index in [2.05, 4.69) is 10.3 Å². The molecule has 0 radical (unpaired) electrons. The van der Waals surface area contributed by atoms with Gasteiger partial charge in [-0.15, -0.1) is 0 Å². The number of primary amides is 1. The molecule has 0 aliphatic carbocycles. The molecule has 0 atom stereocenters. The molecule has 0 saturated carbocycles. The van der Waals surface area contributed by atoms with E-state index in [-0.39, 0.29) is 22.7 Å². The summed E-state index contributed by atoms with van der Waals surface area (Å²) in [6.45, 7) is 0. The van der Waals surface area contributed by atoms with Crippen LogP contribution < -0.4 is 15.8 Å². The number of carbonyl (C=O) groups excluding carboxylic acids is 2. The van der Waals surface area contributed by atoms with Gasteiger partial charge in [-0.05, 0) is 30.3 Å². The molecule has 0 unspecified atom stereocenters. The molecular formula is C18H14FN3O3. The predicted molar refractivity (Wildman–Crippen MR) is 91.2 cm³/mol. The SMILES string of the molecule is COc1nc2ccccc2cc1C(=O)Nc1ccc(C(N)=O)c(F)c1. The van der Waals surface area contributed by atoms with Gasteiger partial charge in [0.05, 0.1) is 18.2 Å². The number of fused-ring (bicyclic) bond motifs is 1. The van der Waals surface area contributed by atoms with E-state index in [1.165, 1.54) is 19.2 Å². The molecular weight excluding hydrogens is 325 g/mol. The number of pyridine rings is 1. The quantitative estimate of drug-likeness (QED) is 0.764. The number of ether oxygens (including phenoxy) is 1. The largest absolute Gasteiger partial charge is 0.480 e. The van der Waals surface area contributed by atoms with Crippen LogP contribution in [0, 0.1) is 5.82 Å². The number of aromatic nitrogens is 1. The van der Waals surface area contributed by atoms with Gasteiger partial charge in [-0.25, -0.2) is 9.37 Å². The number of hydrogen-bond donors (Lipinski definition) is 2. The summed E-state index contributed by atoms with van der Waals surface area (Å²) in [7, 11) is 1.41. The average molecular weight is 339 g/mol. The number of amides is 2. The van der Waals surface area contributed by atoms with Crippen molar-refractivity contribution < 1.29 is 18.7 Å². The first-order valence-corrected chi connectivity index (χ1v) is 7.34. The summed E-state index contributed by atoms with van der Waals surface area (Å²) in [5.74, 6) is -2.04. The van der Waals surface area contributed by atoms with Crippen molar-refractivity contribution in [3.05, 3.63) is 65.5 Å². The van der Waals surface area contributed by atoms with Crippen molar-refractivity contribution in [1.29, 1.82) is 0 Å². The zero-order chi connectivity index (χ0) is 18.0. The Morgan fingerprint density at radius 2 is 1.88 bits per heavy atom. The number of rotatable bonds is 4. The van der Waals surface area contributed by atoms with Crippen LogP contribution in [0.2, 0.25) is 0 Å². The van der Waals surface area contributed by atoms with Crippen molar-refractivity contribution in [2.75, 3.05) is 12.4 Å². The van der Waals surface area contributed by atoms with E-state index < -0.39 is 17.6 Å². The maximum absolute atomic E-state index is 13.8. The number of nitrogens with two attached hydrogens (primary N) is 1. The standard InChI is InChI=1S/C18H14FN3O3/c1-25-18-13(8-10-4-2-3-5-15(10)22-18)17(24)21-11-6-7-12(16(20)23)14(19)9-11/h2-9H,1H3,(H2,20,23)(H,21,24). The van der Waals surface area contributed by atoms with Gasteiger partial charge in [0.2, 0.25) is 5.88 Å². The summed E-state index contributed by atoms with van der Waals surface area (Å²) in [6.07, 6.45) is 0. The molecule has 6 nitrogen and oxygen atoms in total. The van der Waals surface area contributed by atoms with Gasteiger partial charge in [0, 0.05) is 11.1 Å². The van der Waals surface area contributed by atoms with E-state index in [9.17, 15) is 14.0 Å². The monoisotopic (exact) mass is 339 g/mol. The fourth-order valence-electron chi connectivity index (χ4n) is 2.41. The van der Waals surface area contributed by atoms with E-state index in [0.29, 0.717) is 5.52 Å². The Hall–Kier alpha value is -3.48. The predicted octanol–water partition coefficient (Wildman–Crippen LogP) is 2.73. The second kappa shape index (κ2) is 6.56. The van der Waals surface area contributed by atoms with Crippen molar-refractivity contribution in [3.8, 4) is 5.88 Å². The summed E-state index contributed by atoms with van der Waals surface area (Å²) in [5, 5.41) is 3.32. The number of halogens is 1. The molecule has 1 aromatic heterocycles. The third-order valence-electron chi connectivity index (χ3n) is 3.62.